The fourth-order valence-electron chi connectivity index (χ4n) is 5.90. The third kappa shape index (κ3) is 3.54. The molecule has 0 aliphatic heterocycles. The molecular weight excluding hydrogens is 518 g/mol. The number of hydrogen-bond acceptors (Lipinski definition) is 5. The van der Waals surface area contributed by atoms with Gasteiger partial charge in [-0.25, -0.2) is 15.0 Å². The summed E-state index contributed by atoms with van der Waals surface area (Å²) in [5, 5.41) is 6.42. The smallest absolute Gasteiger partial charge is 0.164 e. The van der Waals surface area contributed by atoms with Gasteiger partial charge in [-0.05, 0) is 53.2 Å². The molecule has 9 aromatic rings. The molecule has 5 heteroatoms. The van der Waals surface area contributed by atoms with Gasteiger partial charge < -0.3 is 8.83 Å². The molecule has 0 atom stereocenters. The van der Waals surface area contributed by atoms with Crippen LogP contribution in [-0.4, -0.2) is 15.0 Å². The highest BCUT2D eigenvalue weighted by Crippen LogP contribution is 2.39. The molecule has 0 aliphatic rings. The molecule has 0 saturated carbocycles. The van der Waals surface area contributed by atoms with E-state index < -0.39 is 0 Å². The number of para-hydroxylation sites is 1. The predicted octanol–water partition coefficient (Wildman–Crippen LogP) is 9.82. The van der Waals surface area contributed by atoms with Crippen molar-refractivity contribution in [2.24, 2.45) is 0 Å². The minimum atomic E-state index is 0.595. The van der Waals surface area contributed by atoms with Gasteiger partial charge >= 0.3 is 0 Å². The highest BCUT2D eigenvalue weighted by molar-refractivity contribution is 6.15. The summed E-state index contributed by atoms with van der Waals surface area (Å²) in [5.41, 5.74) is 6.05. The summed E-state index contributed by atoms with van der Waals surface area (Å²) in [5.74, 6) is 1.81. The maximum Gasteiger partial charge on any atom is 0.164 e. The van der Waals surface area contributed by atoms with Crippen molar-refractivity contribution < 1.29 is 8.83 Å². The molecule has 0 saturated heterocycles. The van der Waals surface area contributed by atoms with Crippen LogP contribution in [0.4, 0.5) is 0 Å². The summed E-state index contributed by atoms with van der Waals surface area (Å²) < 4.78 is 12.4. The zero-order valence-electron chi connectivity index (χ0n) is 22.3. The molecule has 0 radical (unpaired) electrons. The fourth-order valence-corrected chi connectivity index (χ4v) is 5.90. The number of fused-ring (bicyclic) bond motifs is 7. The Balaban J connectivity index is 1.31. The molecule has 0 amide bonds. The molecule has 6 aromatic carbocycles. The van der Waals surface area contributed by atoms with Crippen LogP contribution in [0.3, 0.4) is 0 Å². The van der Waals surface area contributed by atoms with Crippen LogP contribution in [0, 0.1) is 0 Å². The van der Waals surface area contributed by atoms with Gasteiger partial charge in [0, 0.05) is 38.2 Å². The monoisotopic (exact) mass is 539 g/mol. The van der Waals surface area contributed by atoms with Crippen molar-refractivity contribution in [3.8, 4) is 34.2 Å². The number of benzene rings is 6. The highest BCUT2D eigenvalue weighted by atomic mass is 16.3. The Hall–Kier alpha value is -5.81. The van der Waals surface area contributed by atoms with Gasteiger partial charge in [0.25, 0.3) is 0 Å². The van der Waals surface area contributed by atoms with E-state index in [0.717, 1.165) is 71.3 Å². The predicted molar refractivity (Wildman–Crippen MR) is 168 cm³/mol. The van der Waals surface area contributed by atoms with E-state index in [4.69, 9.17) is 23.8 Å². The van der Waals surface area contributed by atoms with E-state index in [2.05, 4.69) is 48.5 Å². The van der Waals surface area contributed by atoms with Gasteiger partial charge in [0.2, 0.25) is 0 Å². The fraction of sp³-hybridized carbons (Fsp3) is 0. The molecule has 42 heavy (non-hydrogen) atoms. The van der Waals surface area contributed by atoms with E-state index in [1.807, 2.05) is 78.9 Å². The quantitative estimate of drug-likeness (QED) is 0.224. The topological polar surface area (TPSA) is 65.0 Å². The summed E-state index contributed by atoms with van der Waals surface area (Å²) in [6.07, 6.45) is 0. The molecule has 0 unspecified atom stereocenters. The van der Waals surface area contributed by atoms with Crippen LogP contribution < -0.4 is 0 Å². The normalized spacial score (nSPS) is 11.8. The first kappa shape index (κ1) is 22.9. The van der Waals surface area contributed by atoms with Gasteiger partial charge in [-0.2, -0.15) is 0 Å². The standard InChI is InChI=1S/C37H21N3O2/c1-2-9-22(10-3-1)35-38-36(25-17-18-31-28(20-25)26-13-6-7-15-30(26)41-31)40-37(39-35)27-14-8-16-32-34(27)29-19-23-11-4-5-12-24(23)21-33(29)42-32/h1-21H. The summed E-state index contributed by atoms with van der Waals surface area (Å²) in [6, 6.07) is 42.9. The van der Waals surface area contributed by atoms with Gasteiger partial charge in [-0.15, -0.1) is 0 Å². The molecular formula is C37H21N3O2. The van der Waals surface area contributed by atoms with E-state index in [1.165, 1.54) is 0 Å². The third-order valence-corrected chi connectivity index (χ3v) is 7.91. The van der Waals surface area contributed by atoms with E-state index in [-0.39, 0.29) is 0 Å². The molecule has 0 fully saturated rings. The number of aromatic nitrogens is 3. The summed E-state index contributed by atoms with van der Waals surface area (Å²) >= 11 is 0. The van der Waals surface area contributed by atoms with Gasteiger partial charge in [-0.3, -0.25) is 0 Å². The summed E-state index contributed by atoms with van der Waals surface area (Å²) in [6.45, 7) is 0. The van der Waals surface area contributed by atoms with Crippen molar-refractivity contribution in [1.29, 1.82) is 0 Å². The van der Waals surface area contributed by atoms with Crippen LogP contribution in [0.25, 0.3) is 88.8 Å². The number of rotatable bonds is 3. The van der Waals surface area contributed by atoms with Crippen molar-refractivity contribution in [1.82, 2.24) is 15.0 Å². The van der Waals surface area contributed by atoms with E-state index in [9.17, 15) is 0 Å². The zero-order chi connectivity index (χ0) is 27.6. The SMILES string of the molecule is c1ccc(-c2nc(-c3ccc4oc5ccccc5c4c3)nc(-c3cccc4oc5cc6ccccc6cc5c34)n2)cc1. The Kier molecular flexibility index (Phi) is 4.83. The van der Waals surface area contributed by atoms with Gasteiger partial charge in [0.1, 0.15) is 22.3 Å². The second-order valence-corrected chi connectivity index (χ2v) is 10.5. The Morgan fingerprint density at radius 3 is 1.93 bits per heavy atom. The third-order valence-electron chi connectivity index (χ3n) is 7.91. The first-order chi connectivity index (χ1) is 20.8. The lowest BCUT2D eigenvalue weighted by atomic mass is 10.0. The Bertz CT molecular complexity index is 2470. The average molecular weight is 540 g/mol. The lowest BCUT2D eigenvalue weighted by molar-refractivity contribution is 0.668. The van der Waals surface area contributed by atoms with Gasteiger partial charge in [0.05, 0.1) is 0 Å². The molecule has 0 N–H and O–H groups in total. The molecule has 196 valence electrons. The lowest BCUT2D eigenvalue weighted by Gasteiger charge is -2.09. The maximum atomic E-state index is 6.35. The van der Waals surface area contributed by atoms with Crippen molar-refractivity contribution in [3.63, 3.8) is 0 Å². The minimum Gasteiger partial charge on any atom is -0.456 e. The van der Waals surface area contributed by atoms with Crippen LogP contribution in [0.15, 0.2) is 136 Å². The highest BCUT2D eigenvalue weighted by Gasteiger charge is 2.19. The second-order valence-electron chi connectivity index (χ2n) is 10.5. The van der Waals surface area contributed by atoms with Crippen molar-refractivity contribution in [2.75, 3.05) is 0 Å². The van der Waals surface area contributed by atoms with Crippen LogP contribution >= 0.6 is 0 Å². The number of hydrogen-bond donors (Lipinski definition) is 0. The molecule has 0 spiro atoms. The summed E-state index contributed by atoms with van der Waals surface area (Å²) in [7, 11) is 0. The number of furan rings is 2. The molecule has 0 bridgehead atoms. The van der Waals surface area contributed by atoms with E-state index in [0.29, 0.717) is 17.5 Å². The first-order valence-electron chi connectivity index (χ1n) is 13.9. The molecule has 9 rings (SSSR count). The van der Waals surface area contributed by atoms with Crippen LogP contribution in [0.1, 0.15) is 0 Å². The second kappa shape index (κ2) is 8.85. The zero-order valence-corrected chi connectivity index (χ0v) is 22.3. The average Bonchev–Trinajstić information content (AvgIpc) is 3.61. The minimum absolute atomic E-state index is 0.595. The Labute approximate surface area is 239 Å². The van der Waals surface area contributed by atoms with Gasteiger partial charge in [-0.1, -0.05) is 84.9 Å². The van der Waals surface area contributed by atoms with Crippen LogP contribution in [0.2, 0.25) is 0 Å². The Morgan fingerprint density at radius 2 is 1.05 bits per heavy atom. The lowest BCUT2D eigenvalue weighted by Crippen LogP contribution is -2.00. The largest absolute Gasteiger partial charge is 0.456 e. The van der Waals surface area contributed by atoms with Crippen LogP contribution in [0.5, 0.6) is 0 Å². The first-order valence-corrected chi connectivity index (χ1v) is 13.9. The van der Waals surface area contributed by atoms with Crippen LogP contribution in [-0.2, 0) is 0 Å². The van der Waals surface area contributed by atoms with Crippen molar-refractivity contribution in [2.45, 2.75) is 0 Å². The van der Waals surface area contributed by atoms with Crippen molar-refractivity contribution >= 4 is 54.6 Å². The maximum absolute atomic E-state index is 6.35. The van der Waals surface area contributed by atoms with Crippen molar-refractivity contribution in [3.05, 3.63) is 127 Å². The van der Waals surface area contributed by atoms with E-state index >= 15 is 0 Å². The number of nitrogens with zero attached hydrogens (tertiary/aromatic N) is 3. The van der Waals surface area contributed by atoms with Gasteiger partial charge in [0.15, 0.2) is 17.5 Å². The molecule has 3 heterocycles. The summed E-state index contributed by atoms with van der Waals surface area (Å²) in [4.78, 5) is 15.1. The molecule has 5 nitrogen and oxygen atoms in total. The molecule has 3 aromatic heterocycles. The van der Waals surface area contributed by atoms with E-state index in [1.54, 1.807) is 0 Å². The molecule has 0 aliphatic carbocycles. The Morgan fingerprint density at radius 1 is 0.381 bits per heavy atom.